The number of hydrogen-bond donors (Lipinski definition) is 0. The minimum atomic E-state index is 0.103. The van der Waals surface area contributed by atoms with E-state index in [1.165, 1.54) is 32.1 Å². The van der Waals surface area contributed by atoms with Crippen LogP contribution in [0, 0.1) is 5.92 Å². The van der Waals surface area contributed by atoms with Gasteiger partial charge in [0.15, 0.2) is 0 Å². The lowest BCUT2D eigenvalue weighted by atomic mass is 9.84. The van der Waals surface area contributed by atoms with Gasteiger partial charge >= 0.3 is 0 Å². The maximum absolute atomic E-state index is 12.7. The van der Waals surface area contributed by atoms with Crippen molar-refractivity contribution in [1.29, 1.82) is 0 Å². The van der Waals surface area contributed by atoms with Gasteiger partial charge in [-0.05, 0) is 44.4 Å². The van der Waals surface area contributed by atoms with E-state index in [2.05, 4.69) is 19.8 Å². The summed E-state index contributed by atoms with van der Waals surface area (Å²) in [7, 11) is 0. The van der Waals surface area contributed by atoms with Gasteiger partial charge in [-0.25, -0.2) is 4.98 Å². The highest BCUT2D eigenvalue weighted by atomic mass is 16.2. The summed E-state index contributed by atoms with van der Waals surface area (Å²) in [6.45, 7) is 3.00. The predicted octanol–water partition coefficient (Wildman–Crippen LogP) is 3.41. The summed E-state index contributed by atoms with van der Waals surface area (Å²) in [6.07, 6.45) is 17.2. The summed E-state index contributed by atoms with van der Waals surface area (Å²) in [4.78, 5) is 26.0. The summed E-state index contributed by atoms with van der Waals surface area (Å²) < 4.78 is 0. The van der Waals surface area contributed by atoms with Gasteiger partial charge in [0.2, 0.25) is 5.91 Å². The number of carbonyl (C=O) groups is 1. The fourth-order valence-corrected chi connectivity index (χ4v) is 5.18. The van der Waals surface area contributed by atoms with Crippen LogP contribution in [0.15, 0.2) is 18.6 Å². The molecule has 1 saturated carbocycles. The molecule has 0 radical (unpaired) electrons. The van der Waals surface area contributed by atoms with Crippen LogP contribution in [-0.2, 0) is 4.79 Å². The molecule has 2 saturated heterocycles. The number of amides is 1. The number of hydrogen-bond acceptors (Lipinski definition) is 4. The van der Waals surface area contributed by atoms with Crippen LogP contribution >= 0.6 is 0 Å². The fraction of sp³-hybridized carbons (Fsp3) is 0.750. The van der Waals surface area contributed by atoms with Crippen molar-refractivity contribution < 1.29 is 4.79 Å². The Balaban J connectivity index is 1.46. The lowest BCUT2D eigenvalue weighted by Gasteiger charge is -2.41. The maximum atomic E-state index is 12.7. The smallest absolute Gasteiger partial charge is 0.223 e. The molecule has 2 aliphatic heterocycles. The molecule has 25 heavy (non-hydrogen) atoms. The molecule has 5 nitrogen and oxygen atoms in total. The second kappa shape index (κ2) is 7.30. The Bertz CT molecular complexity index is 587. The van der Waals surface area contributed by atoms with Gasteiger partial charge in [-0.3, -0.25) is 9.78 Å². The Kier molecular flexibility index (Phi) is 4.91. The molecule has 1 unspecified atom stereocenters. The Labute approximate surface area is 150 Å². The third-order valence-electron chi connectivity index (χ3n) is 6.63. The van der Waals surface area contributed by atoms with Gasteiger partial charge in [-0.15, -0.1) is 0 Å². The Morgan fingerprint density at radius 3 is 2.72 bits per heavy atom. The Morgan fingerprint density at radius 2 is 1.92 bits per heavy atom. The molecule has 3 aliphatic rings. The molecule has 1 atom stereocenters. The number of carbonyl (C=O) groups excluding carboxylic acids is 1. The lowest BCUT2D eigenvalue weighted by Crippen LogP contribution is -2.48. The molecular formula is C20H30N4O. The molecule has 0 N–H and O–H groups in total. The molecule has 1 aromatic rings. The third kappa shape index (κ3) is 3.51. The van der Waals surface area contributed by atoms with Crippen LogP contribution in [0.25, 0.3) is 0 Å². The van der Waals surface area contributed by atoms with Crippen molar-refractivity contribution in [3.05, 3.63) is 18.6 Å². The van der Waals surface area contributed by atoms with Gasteiger partial charge in [0.05, 0.1) is 6.20 Å². The molecule has 1 aromatic heterocycles. The molecule has 136 valence electrons. The van der Waals surface area contributed by atoms with Gasteiger partial charge in [-0.1, -0.05) is 19.3 Å². The first-order chi connectivity index (χ1) is 12.3. The van der Waals surface area contributed by atoms with E-state index in [0.29, 0.717) is 5.91 Å². The van der Waals surface area contributed by atoms with Crippen molar-refractivity contribution in [3.8, 4) is 0 Å². The van der Waals surface area contributed by atoms with E-state index in [4.69, 9.17) is 0 Å². The van der Waals surface area contributed by atoms with E-state index in [1.54, 1.807) is 12.4 Å². The summed E-state index contributed by atoms with van der Waals surface area (Å²) in [5, 5.41) is 0. The average molecular weight is 342 g/mol. The first-order valence-corrected chi connectivity index (χ1v) is 10.1. The second-order valence-electron chi connectivity index (χ2n) is 8.14. The van der Waals surface area contributed by atoms with Crippen LogP contribution < -0.4 is 4.90 Å². The van der Waals surface area contributed by atoms with Crippen LogP contribution in [0.5, 0.6) is 0 Å². The first-order valence-electron chi connectivity index (χ1n) is 10.1. The van der Waals surface area contributed by atoms with E-state index in [1.807, 2.05) is 6.20 Å². The summed E-state index contributed by atoms with van der Waals surface area (Å²) in [5.74, 6) is 2.10. The fourth-order valence-electron chi connectivity index (χ4n) is 5.18. The number of nitrogens with zero attached hydrogens (tertiary/aromatic N) is 4. The molecule has 1 amide bonds. The van der Waals surface area contributed by atoms with Gasteiger partial charge in [0.25, 0.3) is 0 Å². The number of rotatable bonds is 3. The zero-order chi connectivity index (χ0) is 17.1. The zero-order valence-corrected chi connectivity index (χ0v) is 15.2. The van der Waals surface area contributed by atoms with Crippen molar-refractivity contribution in [2.75, 3.05) is 24.5 Å². The van der Waals surface area contributed by atoms with Crippen LogP contribution in [0.4, 0.5) is 5.82 Å². The highest BCUT2D eigenvalue weighted by molar-refractivity contribution is 5.79. The van der Waals surface area contributed by atoms with Gasteiger partial charge in [-0.2, -0.15) is 0 Å². The normalized spacial score (nSPS) is 28.6. The zero-order valence-electron chi connectivity index (χ0n) is 15.2. The van der Waals surface area contributed by atoms with E-state index in [0.717, 1.165) is 63.5 Å². The lowest BCUT2D eigenvalue weighted by molar-refractivity contribution is -0.132. The average Bonchev–Trinajstić information content (AvgIpc) is 2.84. The first kappa shape index (κ1) is 16.8. The van der Waals surface area contributed by atoms with Gasteiger partial charge < -0.3 is 9.80 Å². The van der Waals surface area contributed by atoms with Crippen molar-refractivity contribution in [3.63, 3.8) is 0 Å². The van der Waals surface area contributed by atoms with E-state index in [-0.39, 0.29) is 5.54 Å². The molecule has 0 aromatic carbocycles. The number of anilines is 1. The highest BCUT2D eigenvalue weighted by Gasteiger charge is 2.46. The monoisotopic (exact) mass is 342 g/mol. The maximum Gasteiger partial charge on any atom is 0.223 e. The van der Waals surface area contributed by atoms with E-state index in [9.17, 15) is 4.79 Å². The van der Waals surface area contributed by atoms with Crippen LogP contribution in [0.3, 0.4) is 0 Å². The van der Waals surface area contributed by atoms with Crippen LogP contribution in [-0.4, -0.2) is 45.9 Å². The molecule has 1 spiro atoms. The summed E-state index contributed by atoms with van der Waals surface area (Å²) in [5.41, 5.74) is 0.103. The van der Waals surface area contributed by atoms with E-state index >= 15 is 0 Å². The number of likely N-dealkylation sites (tertiary alicyclic amines) is 1. The molecule has 4 rings (SSSR count). The van der Waals surface area contributed by atoms with Crippen molar-refractivity contribution >= 4 is 11.7 Å². The van der Waals surface area contributed by atoms with Crippen molar-refractivity contribution in [1.82, 2.24) is 14.9 Å². The molecule has 1 aliphatic carbocycles. The Hall–Kier alpha value is -1.65. The summed E-state index contributed by atoms with van der Waals surface area (Å²) in [6, 6.07) is 0. The molecule has 0 bridgehead atoms. The van der Waals surface area contributed by atoms with Crippen LogP contribution in [0.2, 0.25) is 0 Å². The van der Waals surface area contributed by atoms with E-state index < -0.39 is 0 Å². The standard InChI is InChI=1S/C20H30N4O/c25-19-7-9-20(24(19)16-17-5-2-1-3-6-17)8-4-13-23(14-10-20)18-15-21-11-12-22-18/h11-12,15,17H,1-10,13-14,16H2. The van der Waals surface area contributed by atoms with Gasteiger partial charge in [0, 0.05) is 44.0 Å². The van der Waals surface area contributed by atoms with Crippen molar-refractivity contribution in [2.45, 2.75) is 69.7 Å². The second-order valence-corrected chi connectivity index (χ2v) is 8.14. The summed E-state index contributed by atoms with van der Waals surface area (Å²) >= 11 is 0. The largest absolute Gasteiger partial charge is 0.355 e. The highest BCUT2D eigenvalue weighted by Crippen LogP contribution is 2.41. The molecule has 3 fully saturated rings. The Morgan fingerprint density at radius 1 is 1.04 bits per heavy atom. The van der Waals surface area contributed by atoms with Crippen molar-refractivity contribution in [2.24, 2.45) is 5.92 Å². The van der Waals surface area contributed by atoms with Gasteiger partial charge in [0.1, 0.15) is 5.82 Å². The molecular weight excluding hydrogens is 312 g/mol. The predicted molar refractivity (Wildman–Crippen MR) is 98.3 cm³/mol. The quantitative estimate of drug-likeness (QED) is 0.845. The minimum absolute atomic E-state index is 0.103. The molecule has 3 heterocycles. The number of aromatic nitrogens is 2. The minimum Gasteiger partial charge on any atom is -0.355 e. The third-order valence-corrected chi connectivity index (χ3v) is 6.63. The molecule has 5 heteroatoms. The SMILES string of the molecule is O=C1CCC2(CCCN(c3cnccn3)CC2)N1CC1CCCCC1. The topological polar surface area (TPSA) is 49.3 Å². The van der Waals surface area contributed by atoms with Crippen LogP contribution in [0.1, 0.15) is 64.2 Å².